The van der Waals surface area contributed by atoms with E-state index in [-0.39, 0.29) is 0 Å². The zero-order chi connectivity index (χ0) is 16.4. The molecule has 0 aromatic carbocycles. The standard InChI is InChI=1S/C18H12ClN5/c19-16-9-13(5-8-21-16)24-18-17-14(4-2-7-22-17)15(11-23-18)12-3-1-6-20-10-12/h1-11H,(H,21,23,24). The molecule has 0 unspecified atom stereocenters. The fourth-order valence-electron chi connectivity index (χ4n) is 2.53. The Hall–Kier alpha value is -3.05. The highest BCUT2D eigenvalue weighted by atomic mass is 35.5. The van der Waals surface area contributed by atoms with E-state index in [1.54, 1.807) is 24.7 Å². The molecule has 0 atom stereocenters. The third-order valence-corrected chi connectivity index (χ3v) is 3.81. The van der Waals surface area contributed by atoms with Gasteiger partial charge in [0.25, 0.3) is 0 Å². The summed E-state index contributed by atoms with van der Waals surface area (Å²) in [5, 5.41) is 4.68. The molecule has 0 aliphatic carbocycles. The van der Waals surface area contributed by atoms with Crippen molar-refractivity contribution in [2.45, 2.75) is 0 Å². The summed E-state index contributed by atoms with van der Waals surface area (Å²) < 4.78 is 0. The van der Waals surface area contributed by atoms with Crippen LogP contribution in [0.25, 0.3) is 22.0 Å². The van der Waals surface area contributed by atoms with Gasteiger partial charge < -0.3 is 5.32 Å². The van der Waals surface area contributed by atoms with Crippen molar-refractivity contribution in [3.05, 3.63) is 72.5 Å². The van der Waals surface area contributed by atoms with Gasteiger partial charge in [0.15, 0.2) is 5.82 Å². The minimum Gasteiger partial charge on any atom is -0.338 e. The maximum absolute atomic E-state index is 5.94. The Balaban J connectivity index is 1.84. The summed E-state index contributed by atoms with van der Waals surface area (Å²) in [5.41, 5.74) is 3.58. The normalized spacial score (nSPS) is 10.7. The van der Waals surface area contributed by atoms with Crippen LogP contribution in [0.4, 0.5) is 11.5 Å². The van der Waals surface area contributed by atoms with E-state index in [2.05, 4.69) is 25.3 Å². The first-order valence-electron chi connectivity index (χ1n) is 7.34. The van der Waals surface area contributed by atoms with Gasteiger partial charge in [0.05, 0.1) is 0 Å². The molecule has 24 heavy (non-hydrogen) atoms. The second-order valence-corrected chi connectivity index (χ2v) is 5.54. The largest absolute Gasteiger partial charge is 0.338 e. The Morgan fingerprint density at radius 1 is 0.875 bits per heavy atom. The van der Waals surface area contributed by atoms with Gasteiger partial charge >= 0.3 is 0 Å². The number of nitrogens with zero attached hydrogens (tertiary/aromatic N) is 4. The minimum absolute atomic E-state index is 0.421. The smallest absolute Gasteiger partial charge is 0.156 e. The van der Waals surface area contributed by atoms with E-state index < -0.39 is 0 Å². The molecule has 0 aliphatic rings. The lowest BCUT2D eigenvalue weighted by molar-refractivity contribution is 1.27. The molecule has 4 aromatic heterocycles. The predicted molar refractivity (Wildman–Crippen MR) is 95.3 cm³/mol. The molecule has 0 saturated carbocycles. The van der Waals surface area contributed by atoms with Crippen molar-refractivity contribution in [2.24, 2.45) is 0 Å². The lowest BCUT2D eigenvalue weighted by Gasteiger charge is -2.11. The predicted octanol–water partition coefficient (Wildman–Crippen LogP) is 4.48. The number of fused-ring (bicyclic) bond motifs is 1. The maximum atomic E-state index is 5.94. The van der Waals surface area contributed by atoms with Gasteiger partial charge in [0, 0.05) is 53.2 Å². The van der Waals surface area contributed by atoms with E-state index in [4.69, 9.17) is 11.6 Å². The summed E-state index contributed by atoms with van der Waals surface area (Å²) in [4.78, 5) is 17.2. The molecule has 4 aromatic rings. The lowest BCUT2D eigenvalue weighted by Crippen LogP contribution is -1.98. The van der Waals surface area contributed by atoms with Gasteiger partial charge in [-0.25, -0.2) is 9.97 Å². The second-order valence-electron chi connectivity index (χ2n) is 5.15. The first kappa shape index (κ1) is 14.5. The molecular weight excluding hydrogens is 322 g/mol. The Labute approximate surface area is 143 Å². The zero-order valence-electron chi connectivity index (χ0n) is 12.5. The quantitative estimate of drug-likeness (QED) is 0.560. The van der Waals surface area contributed by atoms with E-state index in [9.17, 15) is 0 Å². The summed E-state index contributed by atoms with van der Waals surface area (Å²) in [5.74, 6) is 0.667. The molecule has 6 heteroatoms. The van der Waals surface area contributed by atoms with Crippen LogP contribution < -0.4 is 5.32 Å². The van der Waals surface area contributed by atoms with Crippen LogP contribution in [0, 0.1) is 0 Å². The molecule has 1 N–H and O–H groups in total. The summed E-state index contributed by atoms with van der Waals surface area (Å²) in [6.45, 7) is 0. The molecule has 0 radical (unpaired) electrons. The molecular formula is C18H12ClN5. The van der Waals surface area contributed by atoms with E-state index in [0.29, 0.717) is 11.0 Å². The number of hydrogen-bond donors (Lipinski definition) is 1. The molecule has 0 bridgehead atoms. The first-order valence-corrected chi connectivity index (χ1v) is 7.72. The molecule has 0 amide bonds. The van der Waals surface area contributed by atoms with Crippen LogP contribution >= 0.6 is 11.6 Å². The van der Waals surface area contributed by atoms with Crippen LogP contribution in [-0.2, 0) is 0 Å². The summed E-state index contributed by atoms with van der Waals surface area (Å²) in [6.07, 6.45) is 8.79. The van der Waals surface area contributed by atoms with Gasteiger partial charge in [-0.15, -0.1) is 0 Å². The Morgan fingerprint density at radius 2 is 1.79 bits per heavy atom. The molecule has 4 heterocycles. The van der Waals surface area contributed by atoms with Crippen molar-refractivity contribution < 1.29 is 0 Å². The number of pyridine rings is 4. The maximum Gasteiger partial charge on any atom is 0.156 e. The molecule has 4 rings (SSSR count). The van der Waals surface area contributed by atoms with E-state index in [1.807, 2.05) is 42.7 Å². The summed E-state index contributed by atoms with van der Waals surface area (Å²) in [6, 6.07) is 11.4. The molecule has 0 spiro atoms. The van der Waals surface area contributed by atoms with Crippen LogP contribution in [0.1, 0.15) is 0 Å². The van der Waals surface area contributed by atoms with Crippen molar-refractivity contribution in [1.29, 1.82) is 0 Å². The molecule has 5 nitrogen and oxygen atoms in total. The van der Waals surface area contributed by atoms with Crippen LogP contribution in [0.2, 0.25) is 5.15 Å². The average Bonchev–Trinajstić information content (AvgIpc) is 2.63. The van der Waals surface area contributed by atoms with Crippen molar-refractivity contribution in [1.82, 2.24) is 19.9 Å². The molecule has 116 valence electrons. The highest BCUT2D eigenvalue weighted by Gasteiger charge is 2.10. The van der Waals surface area contributed by atoms with Crippen LogP contribution in [0.5, 0.6) is 0 Å². The zero-order valence-corrected chi connectivity index (χ0v) is 13.3. The fraction of sp³-hybridized carbons (Fsp3) is 0. The second kappa shape index (κ2) is 6.22. The topological polar surface area (TPSA) is 63.6 Å². The first-order chi connectivity index (χ1) is 11.8. The molecule has 0 aliphatic heterocycles. The monoisotopic (exact) mass is 333 g/mol. The van der Waals surface area contributed by atoms with Gasteiger partial charge in [-0.3, -0.25) is 9.97 Å². The van der Waals surface area contributed by atoms with Crippen LogP contribution in [0.3, 0.4) is 0 Å². The number of anilines is 2. The van der Waals surface area contributed by atoms with Gasteiger partial charge in [-0.2, -0.15) is 0 Å². The molecule has 0 saturated heterocycles. The van der Waals surface area contributed by atoms with Crippen molar-refractivity contribution >= 4 is 34.0 Å². The van der Waals surface area contributed by atoms with Gasteiger partial charge in [0.2, 0.25) is 0 Å². The highest BCUT2D eigenvalue weighted by Crippen LogP contribution is 2.31. The number of hydrogen-bond acceptors (Lipinski definition) is 5. The summed E-state index contributed by atoms with van der Waals surface area (Å²) >= 11 is 5.94. The third kappa shape index (κ3) is 2.77. The van der Waals surface area contributed by atoms with Crippen LogP contribution in [0.15, 0.2) is 67.4 Å². The van der Waals surface area contributed by atoms with Gasteiger partial charge in [-0.05, 0) is 24.3 Å². The van der Waals surface area contributed by atoms with E-state index >= 15 is 0 Å². The number of aromatic nitrogens is 4. The molecule has 0 fully saturated rings. The van der Waals surface area contributed by atoms with Gasteiger partial charge in [0.1, 0.15) is 10.7 Å². The Morgan fingerprint density at radius 3 is 2.62 bits per heavy atom. The van der Waals surface area contributed by atoms with E-state index in [0.717, 1.165) is 27.7 Å². The van der Waals surface area contributed by atoms with E-state index in [1.165, 1.54) is 0 Å². The number of rotatable bonds is 3. The number of nitrogens with one attached hydrogen (secondary N) is 1. The van der Waals surface area contributed by atoms with Crippen LogP contribution in [-0.4, -0.2) is 19.9 Å². The van der Waals surface area contributed by atoms with Gasteiger partial charge in [-0.1, -0.05) is 23.7 Å². The Bertz CT molecular complexity index is 1000. The minimum atomic E-state index is 0.421. The SMILES string of the molecule is Clc1cc(Nc2ncc(-c3cccnc3)c3cccnc23)ccn1. The van der Waals surface area contributed by atoms with Crippen molar-refractivity contribution in [3.8, 4) is 11.1 Å². The highest BCUT2D eigenvalue weighted by molar-refractivity contribution is 6.29. The Kier molecular flexibility index (Phi) is 3.76. The third-order valence-electron chi connectivity index (χ3n) is 3.61. The summed E-state index contributed by atoms with van der Waals surface area (Å²) in [7, 11) is 0. The average molecular weight is 334 g/mol. The van der Waals surface area contributed by atoms with Crippen molar-refractivity contribution in [3.63, 3.8) is 0 Å². The van der Waals surface area contributed by atoms with Crippen molar-refractivity contribution in [2.75, 3.05) is 5.32 Å². The lowest BCUT2D eigenvalue weighted by atomic mass is 10.0. The number of halogens is 1. The fourth-order valence-corrected chi connectivity index (χ4v) is 2.71.